The van der Waals surface area contributed by atoms with Gasteiger partial charge in [-0.1, -0.05) is 215 Å². The molecule has 0 bridgehead atoms. The van der Waals surface area contributed by atoms with E-state index in [-0.39, 0.29) is 3.74 Å². The Labute approximate surface area is 239 Å². The van der Waals surface area contributed by atoms with E-state index in [0.717, 1.165) is 0 Å². The summed E-state index contributed by atoms with van der Waals surface area (Å²) in [4.78, 5) is 0. The number of hydrogen-bond acceptors (Lipinski definition) is 0. The van der Waals surface area contributed by atoms with E-state index >= 15 is 0 Å². The molecule has 0 unspecified atom stereocenters. The molecular formula is C31H58Br2Si2. The lowest BCUT2D eigenvalue weighted by molar-refractivity contribution is 0.584. The van der Waals surface area contributed by atoms with Crippen LogP contribution in [0.2, 0.25) is 38.3 Å². The van der Waals surface area contributed by atoms with Gasteiger partial charge in [-0.3, -0.25) is 0 Å². The average Bonchev–Trinajstić information content (AvgIpc) is 2.82. The standard InChI is InChI=1S/C31H58Br2Si2/c1-7-9-11-13-15-17-19-21-25-34(3,4)28-23-24-30(29(27-28)31(32)33)35(5,6)26-22-20-18-16-14-12-10-8-2/h23-24,27,31H,7-22,25-26H2,1-6H3. The molecule has 0 aromatic heterocycles. The van der Waals surface area contributed by atoms with Crippen LogP contribution in [0.4, 0.5) is 0 Å². The highest BCUT2D eigenvalue weighted by Crippen LogP contribution is 2.31. The molecule has 0 radical (unpaired) electrons. The van der Waals surface area contributed by atoms with Gasteiger partial charge in [-0.05, 0) is 5.56 Å². The van der Waals surface area contributed by atoms with Crippen molar-refractivity contribution < 1.29 is 0 Å². The fourth-order valence-corrected chi connectivity index (χ4v) is 12.1. The van der Waals surface area contributed by atoms with Crippen LogP contribution in [0.3, 0.4) is 0 Å². The van der Waals surface area contributed by atoms with E-state index in [4.69, 9.17) is 0 Å². The molecule has 1 aromatic carbocycles. The smallest absolute Gasteiger partial charge is 0.0712 e. The molecule has 4 heteroatoms. The summed E-state index contributed by atoms with van der Waals surface area (Å²) in [6.45, 7) is 15.0. The van der Waals surface area contributed by atoms with Gasteiger partial charge in [-0.25, -0.2) is 0 Å². The van der Waals surface area contributed by atoms with Gasteiger partial charge < -0.3 is 0 Å². The topological polar surface area (TPSA) is 0 Å². The zero-order chi connectivity index (χ0) is 26.2. The molecule has 1 rings (SSSR count). The fraction of sp³-hybridized carbons (Fsp3) is 0.806. The first-order chi connectivity index (χ1) is 16.7. The molecule has 35 heavy (non-hydrogen) atoms. The van der Waals surface area contributed by atoms with Gasteiger partial charge in [-0.15, -0.1) is 0 Å². The molecule has 0 fully saturated rings. The summed E-state index contributed by atoms with van der Waals surface area (Å²) in [6.07, 6.45) is 22.7. The molecule has 0 amide bonds. The number of alkyl halides is 2. The van der Waals surface area contributed by atoms with Crippen LogP contribution < -0.4 is 10.4 Å². The molecule has 0 nitrogen and oxygen atoms in total. The van der Waals surface area contributed by atoms with E-state index in [0.29, 0.717) is 0 Å². The molecule has 0 N–H and O–H groups in total. The van der Waals surface area contributed by atoms with Gasteiger partial charge in [0.1, 0.15) is 0 Å². The highest BCUT2D eigenvalue weighted by Gasteiger charge is 2.30. The Morgan fingerprint density at radius 3 is 1.40 bits per heavy atom. The van der Waals surface area contributed by atoms with Gasteiger partial charge in [0.2, 0.25) is 0 Å². The van der Waals surface area contributed by atoms with Crippen molar-refractivity contribution in [3.63, 3.8) is 0 Å². The minimum Gasteiger partial charge on any atom is -0.0712 e. The van der Waals surface area contributed by atoms with E-state index in [1.807, 2.05) is 0 Å². The normalized spacial score (nSPS) is 12.6. The Morgan fingerprint density at radius 1 is 0.571 bits per heavy atom. The molecule has 0 aliphatic heterocycles. The largest absolute Gasteiger partial charge is 0.0945 e. The Kier molecular flexibility index (Phi) is 18.1. The third-order valence-corrected chi connectivity index (χ3v) is 16.1. The van der Waals surface area contributed by atoms with E-state index in [9.17, 15) is 0 Å². The van der Waals surface area contributed by atoms with E-state index in [2.05, 4.69) is 90.1 Å². The summed E-state index contributed by atoms with van der Waals surface area (Å²) in [7, 11) is -2.84. The third kappa shape index (κ3) is 13.8. The lowest BCUT2D eigenvalue weighted by Gasteiger charge is -2.30. The van der Waals surface area contributed by atoms with Crippen molar-refractivity contribution in [2.24, 2.45) is 0 Å². The van der Waals surface area contributed by atoms with Crippen molar-refractivity contribution in [2.45, 2.75) is 159 Å². The highest BCUT2D eigenvalue weighted by molar-refractivity contribution is 9.24. The van der Waals surface area contributed by atoms with Gasteiger partial charge in [0.05, 0.1) is 19.9 Å². The zero-order valence-electron chi connectivity index (χ0n) is 24.3. The van der Waals surface area contributed by atoms with Crippen LogP contribution >= 0.6 is 31.9 Å². The second kappa shape index (κ2) is 18.8. The maximum atomic E-state index is 3.90. The van der Waals surface area contributed by atoms with Crippen molar-refractivity contribution in [1.29, 1.82) is 0 Å². The van der Waals surface area contributed by atoms with Crippen molar-refractivity contribution in [2.75, 3.05) is 0 Å². The summed E-state index contributed by atoms with van der Waals surface area (Å²) >= 11 is 7.81. The zero-order valence-corrected chi connectivity index (χ0v) is 29.5. The lowest BCUT2D eigenvalue weighted by Crippen LogP contribution is -2.47. The Morgan fingerprint density at radius 2 is 0.971 bits per heavy atom. The molecule has 0 heterocycles. The van der Waals surface area contributed by atoms with Crippen LogP contribution in [0.1, 0.15) is 126 Å². The number of halogens is 2. The predicted molar refractivity (Wildman–Crippen MR) is 176 cm³/mol. The number of hydrogen-bond donors (Lipinski definition) is 0. The SMILES string of the molecule is CCCCCCCCCC[Si](C)(C)c1ccc([Si](C)(C)CCCCCCCCCC)c(C(Br)Br)c1. The van der Waals surface area contributed by atoms with Crippen LogP contribution in [0.15, 0.2) is 18.2 Å². The summed E-state index contributed by atoms with van der Waals surface area (Å²) in [5.74, 6) is 0. The average molecular weight is 647 g/mol. The summed E-state index contributed by atoms with van der Waals surface area (Å²) in [5.41, 5.74) is 1.52. The Balaban J connectivity index is 2.63. The first-order valence-electron chi connectivity index (χ1n) is 15.1. The second-order valence-corrected chi connectivity index (χ2v) is 25.0. The molecule has 0 atom stereocenters. The maximum absolute atomic E-state index is 3.90. The summed E-state index contributed by atoms with van der Waals surface area (Å²) in [6, 6.07) is 10.5. The molecule has 0 aliphatic rings. The van der Waals surface area contributed by atoms with Gasteiger partial charge >= 0.3 is 0 Å². The van der Waals surface area contributed by atoms with E-state index in [1.54, 1.807) is 10.4 Å². The van der Waals surface area contributed by atoms with Crippen LogP contribution in [0.25, 0.3) is 0 Å². The molecule has 0 saturated heterocycles. The van der Waals surface area contributed by atoms with E-state index in [1.165, 1.54) is 120 Å². The lowest BCUT2D eigenvalue weighted by atomic mass is 10.1. The Bertz CT molecular complexity index is 670. The second-order valence-electron chi connectivity index (χ2n) is 12.3. The first kappa shape index (κ1) is 33.6. The first-order valence-corrected chi connectivity index (χ1v) is 23.3. The molecule has 0 spiro atoms. The molecular weight excluding hydrogens is 588 g/mol. The van der Waals surface area contributed by atoms with Gasteiger partial charge in [0.25, 0.3) is 0 Å². The van der Waals surface area contributed by atoms with Crippen molar-refractivity contribution in [3.05, 3.63) is 23.8 Å². The number of unbranched alkanes of at least 4 members (excludes halogenated alkanes) is 14. The minimum atomic E-state index is -1.44. The van der Waals surface area contributed by atoms with Crippen LogP contribution in [-0.2, 0) is 0 Å². The van der Waals surface area contributed by atoms with Gasteiger partial charge in [-0.2, -0.15) is 0 Å². The van der Waals surface area contributed by atoms with Crippen LogP contribution in [0.5, 0.6) is 0 Å². The van der Waals surface area contributed by atoms with Gasteiger partial charge in [0, 0.05) is 0 Å². The van der Waals surface area contributed by atoms with Gasteiger partial charge in [0.15, 0.2) is 0 Å². The monoisotopic (exact) mass is 644 g/mol. The number of rotatable bonds is 21. The van der Waals surface area contributed by atoms with Crippen LogP contribution in [-0.4, -0.2) is 16.1 Å². The molecule has 0 aliphatic carbocycles. The van der Waals surface area contributed by atoms with E-state index < -0.39 is 16.1 Å². The third-order valence-electron chi connectivity index (χ3n) is 8.11. The van der Waals surface area contributed by atoms with Crippen LogP contribution in [0, 0.1) is 0 Å². The van der Waals surface area contributed by atoms with Crippen molar-refractivity contribution in [3.8, 4) is 0 Å². The van der Waals surface area contributed by atoms with Crippen molar-refractivity contribution in [1.82, 2.24) is 0 Å². The minimum absolute atomic E-state index is 0.267. The number of benzene rings is 1. The van der Waals surface area contributed by atoms with Crippen molar-refractivity contribution >= 4 is 58.4 Å². The molecule has 0 saturated carbocycles. The molecule has 1 aromatic rings. The summed E-state index contributed by atoms with van der Waals surface area (Å²) < 4.78 is 0.267. The quantitative estimate of drug-likeness (QED) is 0.0708. The maximum Gasteiger partial charge on any atom is 0.0945 e. The molecule has 204 valence electrons. The summed E-state index contributed by atoms with van der Waals surface area (Å²) in [5, 5.41) is 3.32. The highest BCUT2D eigenvalue weighted by atomic mass is 79.9. The predicted octanol–water partition coefficient (Wildman–Crippen LogP) is 11.6. The fourth-order valence-electron chi connectivity index (χ4n) is 5.46. The Hall–Kier alpha value is 0.614.